The predicted molar refractivity (Wildman–Crippen MR) is 61.1 cm³/mol. The van der Waals surface area contributed by atoms with Crippen molar-refractivity contribution >= 4 is 11.7 Å². The lowest BCUT2D eigenvalue weighted by molar-refractivity contribution is 0.0687. The normalized spacial score (nSPS) is 21.6. The monoisotopic (exact) mass is 232 g/mol. The van der Waals surface area contributed by atoms with E-state index in [0.29, 0.717) is 11.4 Å². The standard InChI is InChI=1S/C12H12N2O3/c1-7-10(5-6-13)17-11-8(12(15)16)3-2-4-9(11)14-7/h2-4,7,10,14H,5H2,1H3,(H,15,16). The molecule has 0 fully saturated rings. The number of nitrogens with zero attached hydrogens (tertiary/aromatic N) is 1. The number of para-hydroxylation sites is 1. The fourth-order valence-corrected chi connectivity index (χ4v) is 1.85. The van der Waals surface area contributed by atoms with Gasteiger partial charge in [0.2, 0.25) is 0 Å². The highest BCUT2D eigenvalue weighted by Gasteiger charge is 2.29. The highest BCUT2D eigenvalue weighted by molar-refractivity contribution is 5.93. The lowest BCUT2D eigenvalue weighted by atomic mass is 10.0. The largest absolute Gasteiger partial charge is 0.484 e. The number of nitrogens with one attached hydrogen (secondary N) is 1. The predicted octanol–water partition coefficient (Wildman–Crippen LogP) is 1.86. The molecule has 2 rings (SSSR count). The van der Waals surface area contributed by atoms with Crippen molar-refractivity contribution in [3.63, 3.8) is 0 Å². The first-order valence-electron chi connectivity index (χ1n) is 5.30. The van der Waals surface area contributed by atoms with Gasteiger partial charge in [-0.3, -0.25) is 0 Å². The summed E-state index contributed by atoms with van der Waals surface area (Å²) in [6, 6.07) is 6.93. The van der Waals surface area contributed by atoms with Crippen LogP contribution in [0.5, 0.6) is 5.75 Å². The number of benzene rings is 1. The number of ether oxygens (including phenoxy) is 1. The second-order valence-electron chi connectivity index (χ2n) is 3.94. The number of carboxylic acids is 1. The van der Waals surface area contributed by atoms with E-state index in [1.165, 1.54) is 6.07 Å². The van der Waals surface area contributed by atoms with Crippen molar-refractivity contribution in [1.29, 1.82) is 5.26 Å². The van der Waals surface area contributed by atoms with Crippen LogP contribution in [-0.2, 0) is 0 Å². The molecule has 0 saturated carbocycles. The van der Waals surface area contributed by atoms with Gasteiger partial charge in [-0.2, -0.15) is 5.26 Å². The summed E-state index contributed by atoms with van der Waals surface area (Å²) in [7, 11) is 0. The van der Waals surface area contributed by atoms with Crippen LogP contribution in [0, 0.1) is 11.3 Å². The Balaban J connectivity index is 2.40. The molecule has 88 valence electrons. The third-order valence-electron chi connectivity index (χ3n) is 2.75. The van der Waals surface area contributed by atoms with E-state index in [9.17, 15) is 4.79 Å². The summed E-state index contributed by atoms with van der Waals surface area (Å²) in [4.78, 5) is 11.0. The van der Waals surface area contributed by atoms with Crippen molar-refractivity contribution in [3.8, 4) is 11.8 Å². The molecule has 0 amide bonds. The summed E-state index contributed by atoms with van der Waals surface area (Å²) in [5.41, 5.74) is 0.774. The lowest BCUT2D eigenvalue weighted by Gasteiger charge is -2.32. The topological polar surface area (TPSA) is 82.3 Å². The number of carbonyl (C=O) groups is 1. The average Bonchev–Trinajstić information content (AvgIpc) is 2.29. The Hall–Kier alpha value is -2.22. The van der Waals surface area contributed by atoms with Crippen molar-refractivity contribution in [2.45, 2.75) is 25.5 Å². The summed E-state index contributed by atoms with van der Waals surface area (Å²) < 4.78 is 5.61. The Morgan fingerprint density at radius 2 is 2.41 bits per heavy atom. The Morgan fingerprint density at radius 1 is 1.65 bits per heavy atom. The zero-order valence-corrected chi connectivity index (χ0v) is 9.30. The van der Waals surface area contributed by atoms with Crippen molar-refractivity contribution in [2.24, 2.45) is 0 Å². The van der Waals surface area contributed by atoms with E-state index in [4.69, 9.17) is 15.1 Å². The Labute approximate surface area is 98.6 Å². The molecule has 1 heterocycles. The molecule has 0 spiro atoms. The molecule has 2 N–H and O–H groups in total. The molecule has 0 aromatic heterocycles. The first-order chi connectivity index (χ1) is 8.13. The second-order valence-corrected chi connectivity index (χ2v) is 3.94. The Kier molecular flexibility index (Phi) is 2.88. The summed E-state index contributed by atoms with van der Waals surface area (Å²) in [5.74, 6) is -0.715. The molecule has 5 heteroatoms. The van der Waals surface area contributed by atoms with Gasteiger partial charge in [-0.25, -0.2) is 4.79 Å². The minimum Gasteiger partial charge on any atom is -0.484 e. The number of aromatic carboxylic acids is 1. The van der Waals surface area contributed by atoms with E-state index in [-0.39, 0.29) is 24.1 Å². The van der Waals surface area contributed by atoms with E-state index in [1.54, 1.807) is 12.1 Å². The molecule has 0 radical (unpaired) electrons. The maximum absolute atomic E-state index is 11.0. The Bertz CT molecular complexity index is 493. The van der Waals surface area contributed by atoms with Crippen LogP contribution in [0.25, 0.3) is 0 Å². The van der Waals surface area contributed by atoms with Gasteiger partial charge in [-0.1, -0.05) is 6.07 Å². The lowest BCUT2D eigenvalue weighted by Crippen LogP contribution is -2.39. The fraction of sp³-hybridized carbons (Fsp3) is 0.333. The molecule has 1 aromatic carbocycles. The van der Waals surface area contributed by atoms with E-state index < -0.39 is 5.97 Å². The molecule has 1 aromatic rings. The van der Waals surface area contributed by atoms with Crippen molar-refractivity contribution < 1.29 is 14.6 Å². The third-order valence-corrected chi connectivity index (χ3v) is 2.75. The molecule has 1 aliphatic rings. The summed E-state index contributed by atoms with van der Waals surface area (Å²) >= 11 is 0. The summed E-state index contributed by atoms with van der Waals surface area (Å²) in [6.45, 7) is 1.90. The molecule has 2 unspecified atom stereocenters. The zero-order valence-electron chi connectivity index (χ0n) is 9.30. The highest BCUT2D eigenvalue weighted by Crippen LogP contribution is 2.35. The van der Waals surface area contributed by atoms with Crippen LogP contribution in [0.15, 0.2) is 18.2 Å². The highest BCUT2D eigenvalue weighted by atomic mass is 16.5. The van der Waals surface area contributed by atoms with E-state index >= 15 is 0 Å². The minimum absolute atomic E-state index is 0.0220. The quantitative estimate of drug-likeness (QED) is 0.813. The van der Waals surface area contributed by atoms with Gasteiger partial charge in [0, 0.05) is 0 Å². The van der Waals surface area contributed by atoms with Crippen molar-refractivity contribution in [3.05, 3.63) is 23.8 Å². The third kappa shape index (κ3) is 2.02. The van der Waals surface area contributed by atoms with Crippen LogP contribution in [0.1, 0.15) is 23.7 Å². The molecular formula is C12H12N2O3. The van der Waals surface area contributed by atoms with E-state index in [2.05, 4.69) is 5.32 Å². The Morgan fingerprint density at radius 3 is 3.06 bits per heavy atom. The van der Waals surface area contributed by atoms with Crippen LogP contribution in [0.2, 0.25) is 0 Å². The van der Waals surface area contributed by atoms with Crippen molar-refractivity contribution in [1.82, 2.24) is 0 Å². The first kappa shape index (κ1) is 11.3. The van der Waals surface area contributed by atoms with Crippen LogP contribution < -0.4 is 10.1 Å². The average molecular weight is 232 g/mol. The smallest absolute Gasteiger partial charge is 0.339 e. The number of hydrogen-bond acceptors (Lipinski definition) is 4. The fourth-order valence-electron chi connectivity index (χ4n) is 1.85. The summed E-state index contributed by atoms with van der Waals surface area (Å²) in [6.07, 6.45) is -0.102. The van der Waals surface area contributed by atoms with Gasteiger partial charge in [-0.05, 0) is 19.1 Å². The molecule has 0 bridgehead atoms. The van der Waals surface area contributed by atoms with Crippen LogP contribution in [-0.4, -0.2) is 23.2 Å². The number of fused-ring (bicyclic) bond motifs is 1. The van der Waals surface area contributed by atoms with Gasteiger partial charge in [-0.15, -0.1) is 0 Å². The van der Waals surface area contributed by atoms with Gasteiger partial charge in [0.1, 0.15) is 11.7 Å². The number of nitriles is 1. The first-order valence-corrected chi connectivity index (χ1v) is 5.30. The maximum Gasteiger partial charge on any atom is 0.339 e. The molecule has 1 aliphatic heterocycles. The SMILES string of the molecule is CC1Nc2cccc(C(=O)O)c2OC1CC#N. The molecule has 0 aliphatic carbocycles. The molecule has 2 atom stereocenters. The molecule has 17 heavy (non-hydrogen) atoms. The van der Waals surface area contributed by atoms with E-state index in [0.717, 1.165) is 0 Å². The van der Waals surface area contributed by atoms with Crippen molar-refractivity contribution in [2.75, 3.05) is 5.32 Å². The number of rotatable bonds is 2. The van der Waals surface area contributed by atoms with Gasteiger partial charge in [0.05, 0.1) is 24.2 Å². The molecular weight excluding hydrogens is 220 g/mol. The van der Waals surface area contributed by atoms with Crippen LogP contribution in [0.3, 0.4) is 0 Å². The minimum atomic E-state index is -1.03. The van der Waals surface area contributed by atoms with Crippen LogP contribution in [0.4, 0.5) is 5.69 Å². The van der Waals surface area contributed by atoms with Crippen LogP contribution >= 0.6 is 0 Å². The maximum atomic E-state index is 11.0. The number of carboxylic acid groups (broad SMARTS) is 1. The number of anilines is 1. The van der Waals surface area contributed by atoms with Gasteiger partial charge in [0.25, 0.3) is 0 Å². The van der Waals surface area contributed by atoms with E-state index in [1.807, 2.05) is 13.0 Å². The van der Waals surface area contributed by atoms with Gasteiger partial charge >= 0.3 is 5.97 Å². The molecule has 0 saturated heterocycles. The summed E-state index contributed by atoms with van der Waals surface area (Å²) in [5, 5.41) is 20.9. The van der Waals surface area contributed by atoms with Gasteiger partial charge in [0.15, 0.2) is 5.75 Å². The second kappa shape index (κ2) is 4.34. The zero-order chi connectivity index (χ0) is 12.4. The number of hydrogen-bond donors (Lipinski definition) is 2. The van der Waals surface area contributed by atoms with Gasteiger partial charge < -0.3 is 15.2 Å². The molecule has 5 nitrogen and oxygen atoms in total.